The Balaban J connectivity index is 1.27. The number of hydrogen-bond donors (Lipinski definition) is 2. The molecular weight excluding hydrogens is 318 g/mol. The number of amides is 2. The van der Waals surface area contributed by atoms with Crippen LogP contribution in [0.4, 0.5) is 10.5 Å². The molecule has 2 saturated carbocycles. The topological polar surface area (TPSA) is 81.1 Å². The number of benzene rings is 1. The summed E-state index contributed by atoms with van der Waals surface area (Å²) in [5.41, 5.74) is 1.80. The van der Waals surface area contributed by atoms with Gasteiger partial charge in [-0.25, -0.2) is 9.48 Å². The molecule has 5 rings (SSSR count). The molecular formula is C18H21N5O2. The van der Waals surface area contributed by atoms with Crippen LogP contribution in [0.1, 0.15) is 25.7 Å². The van der Waals surface area contributed by atoms with Gasteiger partial charge < -0.3 is 15.4 Å². The number of urea groups is 1. The Morgan fingerprint density at radius 3 is 3.04 bits per heavy atom. The zero-order valence-electron chi connectivity index (χ0n) is 13.9. The number of nitrogens with one attached hydrogen (secondary N) is 2. The van der Waals surface area contributed by atoms with Crippen LogP contribution in [0.25, 0.3) is 5.69 Å². The molecule has 0 bridgehead atoms. The summed E-state index contributed by atoms with van der Waals surface area (Å²) in [6.45, 7) is 0.830. The second kappa shape index (κ2) is 5.56. The largest absolute Gasteiger partial charge is 0.377 e. The maximum atomic E-state index is 12.5. The van der Waals surface area contributed by atoms with Gasteiger partial charge in [-0.2, -0.15) is 0 Å². The molecule has 3 aliphatic rings. The van der Waals surface area contributed by atoms with Crippen molar-refractivity contribution in [2.45, 2.75) is 37.8 Å². The first-order valence-electron chi connectivity index (χ1n) is 8.92. The fraction of sp³-hybridized carbons (Fsp3) is 0.500. The first kappa shape index (κ1) is 14.9. The SMILES string of the molecule is O=C(Nc1cccc(-n2ccnn2)c1)N[C@@H]1[C@@H]2CCO[C@@H]2C12CCC2. The number of carbonyl (C=O) groups excluding carboxylic acids is 1. The Kier molecular flexibility index (Phi) is 3.31. The summed E-state index contributed by atoms with van der Waals surface area (Å²) in [7, 11) is 0. The summed E-state index contributed by atoms with van der Waals surface area (Å²) >= 11 is 0. The Bertz CT molecular complexity index is 787. The van der Waals surface area contributed by atoms with Crippen molar-refractivity contribution in [3.63, 3.8) is 0 Å². The van der Waals surface area contributed by atoms with Gasteiger partial charge in [-0.15, -0.1) is 5.10 Å². The third-order valence-electron chi connectivity index (χ3n) is 6.11. The van der Waals surface area contributed by atoms with Crippen LogP contribution in [-0.2, 0) is 4.74 Å². The molecule has 130 valence electrons. The third kappa shape index (κ3) is 2.26. The average molecular weight is 339 g/mol. The molecule has 1 aromatic carbocycles. The number of ether oxygens (including phenoxy) is 1. The van der Waals surface area contributed by atoms with Gasteiger partial charge in [-0.1, -0.05) is 17.7 Å². The molecule has 1 spiro atoms. The molecule has 7 nitrogen and oxygen atoms in total. The van der Waals surface area contributed by atoms with Crippen molar-refractivity contribution in [1.29, 1.82) is 0 Å². The lowest BCUT2D eigenvalue weighted by Gasteiger charge is -2.63. The van der Waals surface area contributed by atoms with Crippen molar-refractivity contribution in [2.24, 2.45) is 11.3 Å². The highest BCUT2D eigenvalue weighted by Crippen LogP contribution is 2.62. The van der Waals surface area contributed by atoms with Crippen molar-refractivity contribution in [3.8, 4) is 5.69 Å². The molecule has 25 heavy (non-hydrogen) atoms. The van der Waals surface area contributed by atoms with E-state index in [4.69, 9.17) is 4.74 Å². The van der Waals surface area contributed by atoms with Gasteiger partial charge in [0.05, 0.1) is 24.2 Å². The van der Waals surface area contributed by atoms with Gasteiger partial charge in [-0.05, 0) is 37.5 Å². The Labute approximate surface area is 145 Å². The Morgan fingerprint density at radius 1 is 1.36 bits per heavy atom. The minimum absolute atomic E-state index is 0.141. The van der Waals surface area contributed by atoms with E-state index in [-0.39, 0.29) is 17.5 Å². The summed E-state index contributed by atoms with van der Waals surface area (Å²) in [6.07, 6.45) is 8.39. The van der Waals surface area contributed by atoms with Gasteiger partial charge in [0.25, 0.3) is 0 Å². The van der Waals surface area contributed by atoms with Gasteiger partial charge >= 0.3 is 6.03 Å². The van der Waals surface area contributed by atoms with Gasteiger partial charge in [0.2, 0.25) is 0 Å². The fourth-order valence-electron chi connectivity index (χ4n) is 4.84. The van der Waals surface area contributed by atoms with E-state index in [0.29, 0.717) is 12.0 Å². The molecule has 2 aromatic rings. The minimum Gasteiger partial charge on any atom is -0.377 e. The Hall–Kier alpha value is -2.41. The van der Waals surface area contributed by atoms with Crippen LogP contribution in [-0.4, -0.2) is 39.8 Å². The molecule has 0 unspecified atom stereocenters. The lowest BCUT2D eigenvalue weighted by Crippen LogP contribution is -2.72. The summed E-state index contributed by atoms with van der Waals surface area (Å²) in [5, 5.41) is 14.0. The van der Waals surface area contributed by atoms with Gasteiger partial charge in [0, 0.05) is 29.7 Å². The molecule has 2 heterocycles. The maximum Gasteiger partial charge on any atom is 0.319 e. The molecule has 2 aliphatic carbocycles. The van der Waals surface area contributed by atoms with E-state index >= 15 is 0 Å². The van der Waals surface area contributed by atoms with Crippen LogP contribution in [0.15, 0.2) is 36.7 Å². The normalized spacial score (nSPS) is 28.7. The van der Waals surface area contributed by atoms with Crippen molar-refractivity contribution >= 4 is 11.7 Å². The van der Waals surface area contributed by atoms with E-state index in [2.05, 4.69) is 20.9 Å². The molecule has 0 radical (unpaired) electrons. The summed E-state index contributed by atoms with van der Waals surface area (Å²) in [6, 6.07) is 7.68. The number of hydrogen-bond acceptors (Lipinski definition) is 4. The van der Waals surface area contributed by atoms with Crippen molar-refractivity contribution < 1.29 is 9.53 Å². The predicted molar refractivity (Wildman–Crippen MR) is 91.4 cm³/mol. The third-order valence-corrected chi connectivity index (χ3v) is 6.11. The maximum absolute atomic E-state index is 12.5. The minimum atomic E-state index is -0.141. The highest BCUT2D eigenvalue weighted by molar-refractivity contribution is 5.90. The zero-order chi connectivity index (χ0) is 16.9. The summed E-state index contributed by atoms with van der Waals surface area (Å²) < 4.78 is 7.57. The smallest absolute Gasteiger partial charge is 0.319 e. The average Bonchev–Trinajstić information content (AvgIpc) is 3.22. The highest BCUT2D eigenvalue weighted by Gasteiger charge is 2.66. The second-order valence-electron chi connectivity index (χ2n) is 7.30. The van der Waals surface area contributed by atoms with Crippen LogP contribution in [0.2, 0.25) is 0 Å². The number of nitrogens with zero attached hydrogens (tertiary/aromatic N) is 3. The summed E-state index contributed by atoms with van der Waals surface area (Å²) in [4.78, 5) is 12.5. The van der Waals surface area contributed by atoms with Crippen molar-refractivity contribution in [3.05, 3.63) is 36.7 Å². The van der Waals surface area contributed by atoms with Crippen molar-refractivity contribution in [1.82, 2.24) is 20.3 Å². The fourth-order valence-corrected chi connectivity index (χ4v) is 4.84. The van der Waals surface area contributed by atoms with Gasteiger partial charge in [0.15, 0.2) is 0 Å². The molecule has 1 aliphatic heterocycles. The van der Waals surface area contributed by atoms with E-state index in [9.17, 15) is 4.79 Å². The van der Waals surface area contributed by atoms with E-state index in [1.54, 1.807) is 17.1 Å². The van der Waals surface area contributed by atoms with E-state index in [1.165, 1.54) is 19.3 Å². The second-order valence-corrected chi connectivity index (χ2v) is 7.30. The van der Waals surface area contributed by atoms with Crippen molar-refractivity contribution in [2.75, 3.05) is 11.9 Å². The molecule has 3 atom stereocenters. The lowest BCUT2D eigenvalue weighted by molar-refractivity contribution is -0.171. The molecule has 3 fully saturated rings. The van der Waals surface area contributed by atoms with Gasteiger partial charge in [-0.3, -0.25) is 0 Å². The molecule has 2 N–H and O–H groups in total. The van der Waals surface area contributed by atoms with E-state index < -0.39 is 0 Å². The lowest BCUT2D eigenvalue weighted by atomic mass is 9.46. The van der Waals surface area contributed by atoms with Crippen LogP contribution in [0.3, 0.4) is 0 Å². The number of fused-ring (bicyclic) bond motifs is 2. The van der Waals surface area contributed by atoms with Crippen LogP contribution in [0.5, 0.6) is 0 Å². The van der Waals surface area contributed by atoms with E-state index in [1.807, 2.05) is 24.3 Å². The highest BCUT2D eigenvalue weighted by atomic mass is 16.5. The monoisotopic (exact) mass is 339 g/mol. The molecule has 2 amide bonds. The Morgan fingerprint density at radius 2 is 2.28 bits per heavy atom. The van der Waals surface area contributed by atoms with Crippen LogP contribution < -0.4 is 10.6 Å². The number of rotatable bonds is 3. The standard InChI is InChI=1S/C18H21N5O2/c24-17(20-12-3-1-4-13(11-12)23-9-8-19-22-23)21-15-14-5-10-25-16(14)18(15)6-2-7-18/h1,3-4,8-9,11,14-16H,2,5-7,10H2,(H2,20,21,24)/t14-,15+,16-/m0/s1. The van der Waals surface area contributed by atoms with Gasteiger partial charge in [0.1, 0.15) is 0 Å². The van der Waals surface area contributed by atoms with Crippen LogP contribution >= 0.6 is 0 Å². The molecule has 7 heteroatoms. The zero-order valence-corrected chi connectivity index (χ0v) is 13.9. The predicted octanol–water partition coefficient (Wildman–Crippen LogP) is 2.35. The quantitative estimate of drug-likeness (QED) is 0.899. The molecule has 1 aromatic heterocycles. The molecule has 1 saturated heterocycles. The van der Waals surface area contributed by atoms with Crippen LogP contribution in [0, 0.1) is 11.3 Å². The summed E-state index contributed by atoms with van der Waals surface area (Å²) in [5.74, 6) is 0.479. The van der Waals surface area contributed by atoms with E-state index in [0.717, 1.165) is 24.4 Å². The number of anilines is 1. The number of carbonyl (C=O) groups is 1. The number of aromatic nitrogens is 3. The first-order chi connectivity index (χ1) is 12.3. The first-order valence-corrected chi connectivity index (χ1v) is 8.92.